The number of para-hydroxylation sites is 1. The highest BCUT2D eigenvalue weighted by molar-refractivity contribution is 5.37. The predicted molar refractivity (Wildman–Crippen MR) is 84.3 cm³/mol. The molecule has 0 aliphatic carbocycles. The minimum absolute atomic E-state index is 0.0548. The quantitative estimate of drug-likeness (QED) is 0.733. The molecule has 0 spiro atoms. The molecule has 1 N–H and O–H groups in total. The predicted octanol–water partition coefficient (Wildman–Crippen LogP) is 4.08. The summed E-state index contributed by atoms with van der Waals surface area (Å²) in [7, 11) is 0. The third-order valence-corrected chi connectivity index (χ3v) is 3.03. The second-order valence-electron chi connectivity index (χ2n) is 6.14. The Hall–Kier alpha value is -1.13. The van der Waals surface area contributed by atoms with Gasteiger partial charge in [-0.1, -0.05) is 19.1 Å². The average molecular weight is 297 g/mol. The Kier molecular flexibility index (Phi) is 7.12. The monoisotopic (exact) mass is 297 g/mol. The fourth-order valence-electron chi connectivity index (χ4n) is 1.98. The first-order valence-electron chi connectivity index (χ1n) is 7.63. The van der Waals surface area contributed by atoms with Gasteiger partial charge >= 0.3 is 0 Å². The summed E-state index contributed by atoms with van der Waals surface area (Å²) >= 11 is 0. The van der Waals surface area contributed by atoms with Crippen LogP contribution in [-0.4, -0.2) is 25.4 Å². The SMILES string of the molecule is CCCNC(C)c1cccc(F)c1OCCOC(C)(C)C. The van der Waals surface area contributed by atoms with Crippen molar-refractivity contribution in [3.05, 3.63) is 29.6 Å². The van der Waals surface area contributed by atoms with E-state index in [0.29, 0.717) is 19.0 Å². The molecule has 1 aromatic rings. The first kappa shape index (κ1) is 17.9. The number of hydrogen-bond donors (Lipinski definition) is 1. The van der Waals surface area contributed by atoms with Gasteiger partial charge in [0, 0.05) is 11.6 Å². The lowest BCUT2D eigenvalue weighted by Gasteiger charge is -2.21. The maximum Gasteiger partial charge on any atom is 0.165 e. The molecular weight excluding hydrogens is 269 g/mol. The van der Waals surface area contributed by atoms with Gasteiger partial charge in [-0.25, -0.2) is 4.39 Å². The van der Waals surface area contributed by atoms with Gasteiger partial charge in [0.25, 0.3) is 0 Å². The van der Waals surface area contributed by atoms with Crippen LogP contribution in [0, 0.1) is 5.82 Å². The molecule has 0 fully saturated rings. The molecule has 1 rings (SSSR count). The standard InChI is InChI=1S/C17H28FNO2/c1-6-10-19-13(2)14-8-7-9-15(18)16(14)20-11-12-21-17(3,4)5/h7-9,13,19H,6,10-12H2,1-5H3. The zero-order valence-corrected chi connectivity index (χ0v) is 13.8. The van der Waals surface area contributed by atoms with Crippen LogP contribution in [0.3, 0.4) is 0 Å². The molecule has 21 heavy (non-hydrogen) atoms. The van der Waals surface area contributed by atoms with Crippen molar-refractivity contribution in [3.8, 4) is 5.75 Å². The van der Waals surface area contributed by atoms with Crippen LogP contribution in [0.15, 0.2) is 18.2 Å². The summed E-state index contributed by atoms with van der Waals surface area (Å²) < 4.78 is 25.2. The minimum Gasteiger partial charge on any atom is -0.488 e. The Morgan fingerprint density at radius 2 is 1.95 bits per heavy atom. The van der Waals surface area contributed by atoms with Crippen LogP contribution in [0.2, 0.25) is 0 Å². The molecule has 1 atom stereocenters. The maximum atomic E-state index is 14.0. The molecule has 120 valence electrons. The van der Waals surface area contributed by atoms with Crippen molar-refractivity contribution in [3.63, 3.8) is 0 Å². The summed E-state index contributed by atoms with van der Waals surface area (Å²) in [6.45, 7) is 11.7. The molecule has 0 bridgehead atoms. The van der Waals surface area contributed by atoms with Crippen molar-refractivity contribution in [2.45, 2.75) is 52.7 Å². The molecule has 0 radical (unpaired) electrons. The Labute approximate surface area is 127 Å². The lowest BCUT2D eigenvalue weighted by atomic mass is 10.1. The second-order valence-corrected chi connectivity index (χ2v) is 6.14. The van der Waals surface area contributed by atoms with E-state index < -0.39 is 0 Å². The van der Waals surface area contributed by atoms with E-state index in [0.717, 1.165) is 18.5 Å². The Balaban J connectivity index is 2.67. The van der Waals surface area contributed by atoms with E-state index in [-0.39, 0.29) is 17.5 Å². The highest BCUT2D eigenvalue weighted by Gasteiger charge is 2.16. The number of benzene rings is 1. The average Bonchev–Trinajstić information content (AvgIpc) is 2.41. The zero-order valence-electron chi connectivity index (χ0n) is 13.8. The van der Waals surface area contributed by atoms with E-state index in [1.54, 1.807) is 6.07 Å². The molecule has 0 aliphatic heterocycles. The van der Waals surface area contributed by atoms with Gasteiger partial charge in [-0.15, -0.1) is 0 Å². The Morgan fingerprint density at radius 3 is 2.57 bits per heavy atom. The normalized spacial score (nSPS) is 13.2. The lowest BCUT2D eigenvalue weighted by molar-refractivity contribution is -0.0168. The molecule has 3 nitrogen and oxygen atoms in total. The van der Waals surface area contributed by atoms with Crippen molar-refractivity contribution in [1.82, 2.24) is 5.32 Å². The molecule has 0 saturated heterocycles. The fraction of sp³-hybridized carbons (Fsp3) is 0.647. The van der Waals surface area contributed by atoms with Crippen LogP contribution in [0.25, 0.3) is 0 Å². The minimum atomic E-state index is -0.326. The summed E-state index contributed by atoms with van der Waals surface area (Å²) in [6.07, 6.45) is 1.04. The number of ether oxygens (including phenoxy) is 2. The van der Waals surface area contributed by atoms with Gasteiger partial charge in [-0.2, -0.15) is 0 Å². The summed E-state index contributed by atoms with van der Waals surface area (Å²) in [5.74, 6) is -0.000445. The second kappa shape index (κ2) is 8.35. The van der Waals surface area contributed by atoms with Gasteiger partial charge in [0.05, 0.1) is 12.2 Å². The number of rotatable bonds is 8. The molecule has 0 heterocycles. The molecule has 0 amide bonds. The van der Waals surface area contributed by atoms with Crippen molar-refractivity contribution >= 4 is 0 Å². The third kappa shape index (κ3) is 6.44. The van der Waals surface area contributed by atoms with E-state index in [2.05, 4.69) is 12.2 Å². The first-order chi connectivity index (χ1) is 9.85. The van der Waals surface area contributed by atoms with E-state index in [1.165, 1.54) is 6.07 Å². The van der Waals surface area contributed by atoms with Gasteiger partial charge in [-0.3, -0.25) is 0 Å². The third-order valence-electron chi connectivity index (χ3n) is 3.03. The van der Waals surface area contributed by atoms with Crippen molar-refractivity contribution < 1.29 is 13.9 Å². The van der Waals surface area contributed by atoms with Crippen LogP contribution in [0.4, 0.5) is 4.39 Å². The summed E-state index contributed by atoms with van der Waals surface area (Å²) in [5.41, 5.74) is 0.636. The van der Waals surface area contributed by atoms with Gasteiger partial charge in [0.2, 0.25) is 0 Å². The summed E-state index contributed by atoms with van der Waals surface area (Å²) in [4.78, 5) is 0. The number of nitrogens with one attached hydrogen (secondary N) is 1. The van der Waals surface area contributed by atoms with Gasteiger partial charge in [0.1, 0.15) is 6.61 Å². The first-order valence-corrected chi connectivity index (χ1v) is 7.63. The Bertz CT molecular complexity index is 429. The van der Waals surface area contributed by atoms with Crippen LogP contribution < -0.4 is 10.1 Å². The molecule has 0 aromatic heterocycles. The zero-order chi connectivity index (χ0) is 15.9. The highest BCUT2D eigenvalue weighted by atomic mass is 19.1. The van der Waals surface area contributed by atoms with Crippen LogP contribution in [0.5, 0.6) is 5.75 Å². The summed E-state index contributed by atoms with van der Waals surface area (Å²) in [6, 6.07) is 5.10. The van der Waals surface area contributed by atoms with Crippen LogP contribution in [-0.2, 0) is 4.74 Å². The maximum absolute atomic E-state index is 14.0. The molecule has 0 saturated carbocycles. The van der Waals surface area contributed by atoms with E-state index in [9.17, 15) is 4.39 Å². The van der Waals surface area contributed by atoms with Crippen LogP contribution in [0.1, 0.15) is 52.6 Å². The van der Waals surface area contributed by atoms with Crippen LogP contribution >= 0.6 is 0 Å². The lowest BCUT2D eigenvalue weighted by Crippen LogP contribution is -2.23. The molecular formula is C17H28FNO2. The highest BCUT2D eigenvalue weighted by Crippen LogP contribution is 2.28. The van der Waals surface area contributed by atoms with Gasteiger partial charge < -0.3 is 14.8 Å². The van der Waals surface area contributed by atoms with Gasteiger partial charge in [0.15, 0.2) is 11.6 Å². The van der Waals surface area contributed by atoms with E-state index in [1.807, 2.05) is 33.8 Å². The molecule has 1 unspecified atom stereocenters. The van der Waals surface area contributed by atoms with Crippen molar-refractivity contribution in [1.29, 1.82) is 0 Å². The topological polar surface area (TPSA) is 30.5 Å². The van der Waals surface area contributed by atoms with E-state index in [4.69, 9.17) is 9.47 Å². The Morgan fingerprint density at radius 1 is 1.24 bits per heavy atom. The summed E-state index contributed by atoms with van der Waals surface area (Å²) in [5, 5.41) is 3.35. The smallest absolute Gasteiger partial charge is 0.165 e. The van der Waals surface area contributed by atoms with E-state index >= 15 is 0 Å². The molecule has 0 aliphatic rings. The fourth-order valence-corrected chi connectivity index (χ4v) is 1.98. The molecule has 1 aromatic carbocycles. The van der Waals surface area contributed by atoms with Crippen molar-refractivity contribution in [2.24, 2.45) is 0 Å². The van der Waals surface area contributed by atoms with Gasteiger partial charge in [-0.05, 0) is 46.7 Å². The largest absolute Gasteiger partial charge is 0.488 e. The van der Waals surface area contributed by atoms with Crippen molar-refractivity contribution in [2.75, 3.05) is 19.8 Å². The number of halogens is 1. The number of hydrogen-bond acceptors (Lipinski definition) is 3. The molecule has 4 heteroatoms.